The van der Waals surface area contributed by atoms with Gasteiger partial charge >= 0.3 is 0 Å². The van der Waals surface area contributed by atoms with E-state index in [1.807, 2.05) is 0 Å². The molecule has 3 nitrogen and oxygen atoms in total. The van der Waals surface area contributed by atoms with Crippen LogP contribution in [0.1, 0.15) is 47.0 Å². The molecule has 1 fully saturated rings. The van der Waals surface area contributed by atoms with Crippen LogP contribution in [0.15, 0.2) is 0 Å². The lowest BCUT2D eigenvalue weighted by Gasteiger charge is -2.39. The van der Waals surface area contributed by atoms with Crippen molar-refractivity contribution < 1.29 is 8.42 Å². The summed E-state index contributed by atoms with van der Waals surface area (Å²) in [7, 11) is -3.04. The Labute approximate surface area is 93.7 Å². The SMILES string of the molecule is CCS(=O)(=O)NC1CC(C)CC(C)(C)C1. The Kier molecular flexibility index (Phi) is 3.82. The van der Waals surface area contributed by atoms with Crippen LogP contribution < -0.4 is 4.72 Å². The summed E-state index contributed by atoms with van der Waals surface area (Å²) in [4.78, 5) is 0. The highest BCUT2D eigenvalue weighted by Crippen LogP contribution is 2.38. The van der Waals surface area contributed by atoms with Gasteiger partial charge in [-0.1, -0.05) is 20.8 Å². The Morgan fingerprint density at radius 2 is 1.93 bits per heavy atom. The average molecular weight is 233 g/mol. The summed E-state index contributed by atoms with van der Waals surface area (Å²) in [6.45, 7) is 8.32. The van der Waals surface area contributed by atoms with Crippen LogP contribution in [0.25, 0.3) is 0 Å². The van der Waals surface area contributed by atoms with Crippen LogP contribution in [0.3, 0.4) is 0 Å². The van der Waals surface area contributed by atoms with Crippen molar-refractivity contribution in [3.8, 4) is 0 Å². The van der Waals surface area contributed by atoms with Crippen molar-refractivity contribution in [3.05, 3.63) is 0 Å². The molecule has 0 heterocycles. The van der Waals surface area contributed by atoms with Crippen LogP contribution in [-0.2, 0) is 10.0 Å². The van der Waals surface area contributed by atoms with Crippen LogP contribution in [0, 0.1) is 11.3 Å². The molecule has 1 N–H and O–H groups in total. The van der Waals surface area contributed by atoms with E-state index in [1.54, 1.807) is 6.92 Å². The van der Waals surface area contributed by atoms with Crippen LogP contribution >= 0.6 is 0 Å². The zero-order valence-electron chi connectivity index (χ0n) is 10.2. The van der Waals surface area contributed by atoms with Crippen molar-refractivity contribution in [2.45, 2.75) is 53.0 Å². The fourth-order valence-electron chi connectivity index (χ4n) is 2.77. The van der Waals surface area contributed by atoms with Crippen molar-refractivity contribution in [1.82, 2.24) is 4.72 Å². The molecular weight excluding hydrogens is 210 g/mol. The van der Waals surface area contributed by atoms with E-state index in [-0.39, 0.29) is 17.2 Å². The van der Waals surface area contributed by atoms with E-state index < -0.39 is 10.0 Å². The second kappa shape index (κ2) is 4.42. The number of sulfonamides is 1. The van der Waals surface area contributed by atoms with E-state index in [9.17, 15) is 8.42 Å². The predicted molar refractivity (Wildman–Crippen MR) is 63.2 cm³/mol. The fourth-order valence-corrected chi connectivity index (χ4v) is 3.63. The predicted octanol–water partition coefficient (Wildman–Crippen LogP) is 2.14. The maximum absolute atomic E-state index is 11.5. The minimum atomic E-state index is -3.04. The van der Waals surface area contributed by atoms with Gasteiger partial charge in [-0.3, -0.25) is 0 Å². The molecule has 2 unspecified atom stereocenters. The van der Waals surface area contributed by atoms with Crippen molar-refractivity contribution in [1.29, 1.82) is 0 Å². The van der Waals surface area contributed by atoms with Gasteiger partial charge in [-0.15, -0.1) is 0 Å². The molecule has 0 saturated heterocycles. The molecule has 90 valence electrons. The highest BCUT2D eigenvalue weighted by molar-refractivity contribution is 7.89. The lowest BCUT2D eigenvalue weighted by atomic mass is 9.71. The topological polar surface area (TPSA) is 46.2 Å². The molecule has 2 atom stereocenters. The van der Waals surface area contributed by atoms with Crippen LogP contribution in [0.4, 0.5) is 0 Å². The van der Waals surface area contributed by atoms with Gasteiger partial charge in [0.15, 0.2) is 0 Å². The molecule has 0 amide bonds. The molecule has 0 spiro atoms. The van der Waals surface area contributed by atoms with Gasteiger partial charge in [0.25, 0.3) is 0 Å². The van der Waals surface area contributed by atoms with Gasteiger partial charge in [0.2, 0.25) is 10.0 Å². The highest BCUT2D eigenvalue weighted by atomic mass is 32.2. The zero-order chi connectivity index (χ0) is 11.7. The average Bonchev–Trinajstić information content (AvgIpc) is 1.99. The summed E-state index contributed by atoms with van der Waals surface area (Å²) in [5.41, 5.74) is 0.262. The molecule has 0 aromatic heterocycles. The van der Waals surface area contributed by atoms with Crippen LogP contribution in [-0.4, -0.2) is 20.2 Å². The largest absolute Gasteiger partial charge is 0.212 e. The fraction of sp³-hybridized carbons (Fsp3) is 1.00. The molecule has 0 aliphatic heterocycles. The molecule has 0 radical (unpaired) electrons. The van der Waals surface area contributed by atoms with Crippen LogP contribution in [0.5, 0.6) is 0 Å². The Morgan fingerprint density at radius 3 is 2.40 bits per heavy atom. The first kappa shape index (κ1) is 13.0. The summed E-state index contributed by atoms with van der Waals surface area (Å²) >= 11 is 0. The van der Waals surface area contributed by atoms with Gasteiger partial charge in [-0.2, -0.15) is 0 Å². The van der Waals surface area contributed by atoms with Crippen molar-refractivity contribution in [2.75, 3.05) is 5.75 Å². The minimum Gasteiger partial charge on any atom is -0.212 e. The van der Waals surface area contributed by atoms with Crippen LogP contribution in [0.2, 0.25) is 0 Å². The molecule has 0 aromatic carbocycles. The van der Waals surface area contributed by atoms with E-state index in [0.717, 1.165) is 12.8 Å². The highest BCUT2D eigenvalue weighted by Gasteiger charge is 2.33. The molecule has 1 aliphatic carbocycles. The van der Waals surface area contributed by atoms with Gasteiger partial charge in [-0.05, 0) is 37.5 Å². The lowest BCUT2D eigenvalue weighted by molar-refractivity contribution is 0.163. The second-order valence-electron chi connectivity index (χ2n) is 5.63. The van der Waals surface area contributed by atoms with Gasteiger partial charge in [-0.25, -0.2) is 13.1 Å². The third-order valence-electron chi connectivity index (χ3n) is 3.11. The maximum atomic E-state index is 11.5. The number of hydrogen-bond donors (Lipinski definition) is 1. The molecular formula is C11H23NO2S. The van der Waals surface area contributed by atoms with Crippen molar-refractivity contribution in [2.24, 2.45) is 11.3 Å². The third-order valence-corrected chi connectivity index (χ3v) is 4.57. The molecule has 1 aliphatic rings. The Bertz CT molecular complexity index is 309. The molecule has 0 bridgehead atoms. The van der Waals surface area contributed by atoms with Gasteiger partial charge in [0.05, 0.1) is 5.75 Å². The van der Waals surface area contributed by atoms with Gasteiger partial charge in [0, 0.05) is 6.04 Å². The Morgan fingerprint density at radius 1 is 1.33 bits per heavy atom. The van der Waals surface area contributed by atoms with Crippen molar-refractivity contribution >= 4 is 10.0 Å². The summed E-state index contributed by atoms with van der Waals surface area (Å²) in [5, 5.41) is 0. The summed E-state index contributed by atoms with van der Waals surface area (Å²) in [5.74, 6) is 0.788. The minimum absolute atomic E-state index is 0.133. The van der Waals surface area contributed by atoms with E-state index in [1.165, 1.54) is 6.42 Å². The first-order valence-electron chi connectivity index (χ1n) is 5.74. The second-order valence-corrected chi connectivity index (χ2v) is 7.67. The normalized spacial score (nSPS) is 31.5. The Hall–Kier alpha value is -0.0900. The summed E-state index contributed by atoms with van der Waals surface area (Å²) in [6.07, 6.45) is 3.12. The lowest BCUT2D eigenvalue weighted by Crippen LogP contribution is -2.43. The van der Waals surface area contributed by atoms with Gasteiger partial charge in [0.1, 0.15) is 0 Å². The van der Waals surface area contributed by atoms with Crippen molar-refractivity contribution in [3.63, 3.8) is 0 Å². The van der Waals surface area contributed by atoms with E-state index in [0.29, 0.717) is 5.92 Å². The molecule has 15 heavy (non-hydrogen) atoms. The standard InChI is InChI=1S/C11H23NO2S/c1-5-15(13,14)12-10-6-9(2)7-11(3,4)8-10/h9-10,12H,5-8H2,1-4H3. The van der Waals surface area contributed by atoms with Gasteiger partial charge < -0.3 is 0 Å². The third kappa shape index (κ3) is 4.11. The molecule has 0 aromatic rings. The van der Waals surface area contributed by atoms with E-state index in [4.69, 9.17) is 0 Å². The number of rotatable bonds is 3. The molecule has 1 rings (SSSR count). The summed E-state index contributed by atoms with van der Waals surface area (Å²) in [6, 6.07) is 0.133. The Balaban J connectivity index is 2.64. The first-order chi connectivity index (χ1) is 6.74. The van der Waals surface area contributed by atoms with E-state index >= 15 is 0 Å². The quantitative estimate of drug-likeness (QED) is 0.812. The molecule has 1 saturated carbocycles. The summed E-state index contributed by atoms with van der Waals surface area (Å²) < 4.78 is 25.8. The number of nitrogens with one attached hydrogen (secondary N) is 1. The van der Waals surface area contributed by atoms with E-state index in [2.05, 4.69) is 25.5 Å². The maximum Gasteiger partial charge on any atom is 0.211 e. The zero-order valence-corrected chi connectivity index (χ0v) is 11.0. The number of hydrogen-bond acceptors (Lipinski definition) is 2. The first-order valence-corrected chi connectivity index (χ1v) is 7.39. The smallest absolute Gasteiger partial charge is 0.211 e. The monoisotopic (exact) mass is 233 g/mol. The molecule has 4 heteroatoms.